The van der Waals surface area contributed by atoms with Crippen LogP contribution in [-0.2, 0) is 11.2 Å². The van der Waals surface area contributed by atoms with Gasteiger partial charge >= 0.3 is 0 Å². The molecule has 0 aliphatic heterocycles. The van der Waals surface area contributed by atoms with E-state index in [1.165, 1.54) is 0 Å². The maximum absolute atomic E-state index is 5.98. The molecule has 0 aromatic carbocycles. The number of hydrogen-bond acceptors (Lipinski definition) is 3. The van der Waals surface area contributed by atoms with Crippen molar-refractivity contribution in [2.24, 2.45) is 5.92 Å². The molecule has 1 atom stereocenters. The number of aryl methyl sites for hydroxylation is 1. The van der Waals surface area contributed by atoms with Crippen LogP contribution in [0, 0.1) is 5.92 Å². The lowest BCUT2D eigenvalue weighted by Crippen LogP contribution is -2.14. The Kier molecular flexibility index (Phi) is 5.16. The largest absolute Gasteiger partial charge is 0.373 e. The Morgan fingerprint density at radius 1 is 1.38 bits per heavy atom. The third-order valence-corrected chi connectivity index (χ3v) is 2.58. The van der Waals surface area contributed by atoms with Gasteiger partial charge in [0.25, 0.3) is 0 Å². The molecule has 1 unspecified atom stereocenters. The first-order chi connectivity index (χ1) is 7.58. The Bertz CT molecular complexity index is 342. The fraction of sp³-hybridized carbons (Fsp3) is 0.667. The summed E-state index contributed by atoms with van der Waals surface area (Å²) in [4.78, 5) is 8.73. The predicted octanol–water partition coefficient (Wildman–Crippen LogP) is 3.43. The normalized spacial score (nSPS) is 13.1. The zero-order valence-corrected chi connectivity index (χ0v) is 11.1. The summed E-state index contributed by atoms with van der Waals surface area (Å²) >= 11 is 5.98. The first kappa shape index (κ1) is 13.4. The molecule has 0 aliphatic rings. The lowest BCUT2D eigenvalue weighted by Gasteiger charge is -2.18. The van der Waals surface area contributed by atoms with E-state index in [2.05, 4.69) is 30.7 Å². The van der Waals surface area contributed by atoms with Crippen LogP contribution < -0.4 is 0 Å². The second-order valence-corrected chi connectivity index (χ2v) is 4.58. The van der Waals surface area contributed by atoms with Crippen LogP contribution in [-0.4, -0.2) is 17.1 Å². The smallest absolute Gasteiger partial charge is 0.159 e. The minimum absolute atomic E-state index is 0.0886. The minimum atomic E-state index is -0.0886. The van der Waals surface area contributed by atoms with E-state index in [0.717, 1.165) is 18.5 Å². The van der Waals surface area contributed by atoms with E-state index in [4.69, 9.17) is 16.3 Å². The molecule has 4 heteroatoms. The highest BCUT2D eigenvalue weighted by molar-refractivity contribution is 6.29. The van der Waals surface area contributed by atoms with Crippen LogP contribution in [0.15, 0.2) is 6.07 Å². The molecule has 0 aliphatic carbocycles. The summed E-state index contributed by atoms with van der Waals surface area (Å²) in [5.74, 6) is 1.02. The molecule has 0 saturated carbocycles. The molecule has 3 nitrogen and oxygen atoms in total. The van der Waals surface area contributed by atoms with Crippen molar-refractivity contribution in [1.29, 1.82) is 0 Å². The Hall–Kier alpha value is -0.670. The van der Waals surface area contributed by atoms with E-state index in [1.807, 2.05) is 6.07 Å². The number of halogens is 1. The van der Waals surface area contributed by atoms with Crippen LogP contribution in [0.2, 0.25) is 5.15 Å². The quantitative estimate of drug-likeness (QED) is 0.742. The molecule has 0 bridgehead atoms. The molecule has 0 amide bonds. The third kappa shape index (κ3) is 3.42. The van der Waals surface area contributed by atoms with Gasteiger partial charge in [-0.1, -0.05) is 38.8 Å². The maximum atomic E-state index is 5.98. The molecule has 1 heterocycles. The van der Waals surface area contributed by atoms with Crippen molar-refractivity contribution in [3.05, 3.63) is 22.7 Å². The Labute approximate surface area is 102 Å². The van der Waals surface area contributed by atoms with Crippen LogP contribution >= 0.6 is 11.6 Å². The number of hydrogen-bond donors (Lipinski definition) is 0. The lowest BCUT2D eigenvalue weighted by atomic mass is 10.1. The third-order valence-electron chi connectivity index (χ3n) is 2.39. The van der Waals surface area contributed by atoms with Crippen molar-refractivity contribution in [3.63, 3.8) is 0 Å². The summed E-state index contributed by atoms with van der Waals surface area (Å²) in [6, 6.07) is 1.82. The number of nitrogens with zero attached hydrogens (tertiary/aromatic N) is 2. The SMILES string of the molecule is CCCc1cc(Cl)nc(C(OC)C(C)C)n1. The highest BCUT2D eigenvalue weighted by Crippen LogP contribution is 2.23. The first-order valence-electron chi connectivity index (χ1n) is 5.64. The summed E-state index contributed by atoms with van der Waals surface area (Å²) in [6.45, 7) is 6.28. The summed E-state index contributed by atoms with van der Waals surface area (Å²) < 4.78 is 5.40. The van der Waals surface area contributed by atoms with Crippen molar-refractivity contribution in [2.75, 3.05) is 7.11 Å². The lowest BCUT2D eigenvalue weighted by molar-refractivity contribution is 0.0573. The summed E-state index contributed by atoms with van der Waals surface area (Å²) in [7, 11) is 1.68. The number of ether oxygens (including phenoxy) is 1. The van der Waals surface area contributed by atoms with Gasteiger partial charge in [0.15, 0.2) is 5.82 Å². The van der Waals surface area contributed by atoms with Gasteiger partial charge in [0, 0.05) is 12.8 Å². The van der Waals surface area contributed by atoms with Gasteiger partial charge in [0.2, 0.25) is 0 Å². The molecule has 1 rings (SSSR count). The highest BCUT2D eigenvalue weighted by Gasteiger charge is 2.19. The zero-order chi connectivity index (χ0) is 12.1. The Morgan fingerprint density at radius 3 is 2.56 bits per heavy atom. The molecule has 0 saturated heterocycles. The molecule has 0 fully saturated rings. The number of rotatable bonds is 5. The van der Waals surface area contributed by atoms with Gasteiger partial charge in [-0.3, -0.25) is 0 Å². The fourth-order valence-electron chi connectivity index (χ4n) is 1.67. The number of aromatic nitrogens is 2. The fourth-order valence-corrected chi connectivity index (χ4v) is 1.88. The van der Waals surface area contributed by atoms with Crippen molar-refractivity contribution in [1.82, 2.24) is 9.97 Å². The van der Waals surface area contributed by atoms with E-state index in [9.17, 15) is 0 Å². The topological polar surface area (TPSA) is 35.0 Å². The number of methoxy groups -OCH3 is 1. The standard InChI is InChI=1S/C12H19ClN2O/c1-5-6-9-7-10(13)15-12(14-9)11(16-4)8(2)3/h7-8,11H,5-6H2,1-4H3. The molecule has 0 radical (unpaired) electrons. The van der Waals surface area contributed by atoms with E-state index in [-0.39, 0.29) is 6.10 Å². The van der Waals surface area contributed by atoms with Crippen LogP contribution in [0.25, 0.3) is 0 Å². The van der Waals surface area contributed by atoms with Crippen LogP contribution in [0.1, 0.15) is 44.8 Å². The molecular formula is C12H19ClN2O. The average molecular weight is 243 g/mol. The second-order valence-electron chi connectivity index (χ2n) is 4.19. The predicted molar refractivity (Wildman–Crippen MR) is 65.6 cm³/mol. The van der Waals surface area contributed by atoms with E-state index in [1.54, 1.807) is 7.11 Å². The zero-order valence-electron chi connectivity index (χ0n) is 10.3. The van der Waals surface area contributed by atoms with Gasteiger partial charge in [-0.2, -0.15) is 0 Å². The Morgan fingerprint density at radius 2 is 2.06 bits per heavy atom. The van der Waals surface area contributed by atoms with Gasteiger partial charge in [-0.15, -0.1) is 0 Å². The first-order valence-corrected chi connectivity index (χ1v) is 6.02. The average Bonchev–Trinajstić information content (AvgIpc) is 2.17. The molecule has 0 N–H and O–H groups in total. The minimum Gasteiger partial charge on any atom is -0.373 e. The van der Waals surface area contributed by atoms with E-state index in [0.29, 0.717) is 16.9 Å². The highest BCUT2D eigenvalue weighted by atomic mass is 35.5. The van der Waals surface area contributed by atoms with Gasteiger partial charge < -0.3 is 4.74 Å². The van der Waals surface area contributed by atoms with Gasteiger partial charge in [0.1, 0.15) is 11.3 Å². The van der Waals surface area contributed by atoms with Crippen LogP contribution in [0.3, 0.4) is 0 Å². The van der Waals surface area contributed by atoms with E-state index >= 15 is 0 Å². The van der Waals surface area contributed by atoms with Gasteiger partial charge in [-0.05, 0) is 18.4 Å². The van der Waals surface area contributed by atoms with Gasteiger partial charge in [-0.25, -0.2) is 9.97 Å². The summed E-state index contributed by atoms with van der Waals surface area (Å²) in [5, 5.41) is 0.496. The molecule has 1 aromatic rings. The van der Waals surface area contributed by atoms with Crippen molar-refractivity contribution in [3.8, 4) is 0 Å². The summed E-state index contributed by atoms with van der Waals surface area (Å²) in [6.07, 6.45) is 1.88. The second kappa shape index (κ2) is 6.16. The molecule has 0 spiro atoms. The molecule has 90 valence electrons. The van der Waals surface area contributed by atoms with Crippen molar-refractivity contribution < 1.29 is 4.74 Å². The summed E-state index contributed by atoms with van der Waals surface area (Å²) in [5.41, 5.74) is 0.986. The van der Waals surface area contributed by atoms with Crippen LogP contribution in [0.4, 0.5) is 0 Å². The molecule has 1 aromatic heterocycles. The van der Waals surface area contributed by atoms with E-state index < -0.39 is 0 Å². The van der Waals surface area contributed by atoms with Crippen LogP contribution in [0.5, 0.6) is 0 Å². The monoisotopic (exact) mass is 242 g/mol. The van der Waals surface area contributed by atoms with Gasteiger partial charge in [0.05, 0.1) is 0 Å². The van der Waals surface area contributed by atoms with Crippen molar-refractivity contribution in [2.45, 2.75) is 39.7 Å². The van der Waals surface area contributed by atoms with Crippen molar-refractivity contribution >= 4 is 11.6 Å². The maximum Gasteiger partial charge on any atom is 0.159 e. The Balaban J connectivity index is 3.02. The molecular weight excluding hydrogens is 224 g/mol. The molecule has 16 heavy (non-hydrogen) atoms.